The molecule has 0 rings (SSSR count). The van der Waals surface area contributed by atoms with E-state index in [9.17, 15) is 23.7 Å². The number of Topliss-reactive ketones (excluding diaryl/α,β-unsaturated/α-hetero) is 1. The molecule has 24 heavy (non-hydrogen) atoms. The van der Waals surface area contributed by atoms with Crippen molar-refractivity contribution >= 4 is 44.5 Å². The Labute approximate surface area is 180 Å². The molecule has 0 amide bonds. The van der Waals surface area contributed by atoms with E-state index < -0.39 is 53.0 Å². The smallest absolute Gasteiger partial charge is 1.00 e. The Morgan fingerprint density at radius 1 is 1.08 bits per heavy atom. The molecule has 0 aromatic carbocycles. The van der Waals surface area contributed by atoms with Crippen molar-refractivity contribution in [2.75, 3.05) is 13.2 Å². The standard InChI is InChI=1S/C6H12O6.ClH.Mg.Na.H4O7P2/c7-1-3(9)5(11)6(12)4(10)2-8;;;;1-8(2,3)7-9(4,5)6/h3,5-9,11-12H,1-2H2;1H;;;(H2,1,2,3)(H2,4,5,6)/q;;+2;+1;/p-3. The molecule has 13 nitrogen and oxygen atoms in total. The number of rotatable bonds is 7. The third-order valence-electron chi connectivity index (χ3n) is 1.60. The first-order valence-electron chi connectivity index (χ1n) is 4.82. The van der Waals surface area contributed by atoms with Crippen molar-refractivity contribution in [1.29, 1.82) is 0 Å². The van der Waals surface area contributed by atoms with Crippen LogP contribution in [0.25, 0.3) is 0 Å². The molecule has 0 aliphatic heterocycles. The van der Waals surface area contributed by atoms with Crippen LogP contribution in [-0.4, -0.2) is 95.7 Å². The number of aliphatic hydroxyl groups is 5. The fraction of sp³-hybridized carbons (Fsp3) is 0.833. The summed E-state index contributed by atoms with van der Waals surface area (Å²) in [4.78, 5) is 44.7. The molecule has 0 saturated carbocycles. The van der Waals surface area contributed by atoms with E-state index in [-0.39, 0.29) is 65.0 Å². The molecule has 18 heteroatoms. The molecule has 0 radical (unpaired) electrons. The van der Waals surface area contributed by atoms with Crippen molar-refractivity contribution in [1.82, 2.24) is 0 Å². The largest absolute Gasteiger partial charge is 2.00 e. The number of hydrogen-bond acceptors (Lipinski definition) is 11. The molecule has 136 valence electrons. The van der Waals surface area contributed by atoms with Gasteiger partial charge in [-0.15, -0.1) is 0 Å². The minimum Gasteiger partial charge on any atom is -1.00 e. The molecule has 3 atom stereocenters. The Morgan fingerprint density at radius 2 is 1.46 bits per heavy atom. The van der Waals surface area contributed by atoms with Gasteiger partial charge in [-0.3, -0.25) is 9.11 Å². The average molecular weight is 439 g/mol. The van der Waals surface area contributed by atoms with Crippen LogP contribution >= 0.6 is 15.6 Å². The number of carbonyl (C=O) groups is 1. The average Bonchev–Trinajstić information content (AvgIpc) is 2.31. The summed E-state index contributed by atoms with van der Waals surface area (Å²) in [7, 11) is -10.7. The molecule has 0 aliphatic rings. The van der Waals surface area contributed by atoms with Gasteiger partial charge in [-0.2, -0.15) is 0 Å². The van der Waals surface area contributed by atoms with Crippen molar-refractivity contribution in [3.63, 3.8) is 0 Å². The maximum absolute atomic E-state index is 10.5. The molecule has 0 saturated heterocycles. The maximum Gasteiger partial charge on any atom is 2.00 e. The molecular formula is C6H14ClMgNaO13P2. The van der Waals surface area contributed by atoms with Gasteiger partial charge in [-0.05, 0) is 0 Å². The summed E-state index contributed by atoms with van der Waals surface area (Å²) in [6.07, 6.45) is -5.22. The van der Waals surface area contributed by atoms with Gasteiger partial charge in [0, 0.05) is 0 Å². The summed E-state index contributed by atoms with van der Waals surface area (Å²) >= 11 is 0. The van der Waals surface area contributed by atoms with E-state index in [4.69, 9.17) is 35.3 Å². The summed E-state index contributed by atoms with van der Waals surface area (Å²) in [6.45, 7) is -1.69. The molecule has 0 aliphatic carbocycles. The molecule has 7 N–H and O–H groups in total. The van der Waals surface area contributed by atoms with Crippen LogP contribution < -0.4 is 51.8 Å². The van der Waals surface area contributed by atoms with Crippen molar-refractivity contribution in [3.05, 3.63) is 0 Å². The number of hydrogen-bond donors (Lipinski definition) is 7. The van der Waals surface area contributed by atoms with Crippen LogP contribution in [0.2, 0.25) is 0 Å². The van der Waals surface area contributed by atoms with Gasteiger partial charge in [0.1, 0.15) is 24.9 Å². The molecular weight excluding hydrogens is 425 g/mol. The van der Waals surface area contributed by atoms with E-state index in [0.717, 1.165) is 0 Å². The Balaban J connectivity index is -0.0000000918. The monoisotopic (exact) mass is 438 g/mol. The predicted octanol–water partition coefficient (Wildman–Crippen LogP) is -11.8. The fourth-order valence-corrected chi connectivity index (χ4v) is 1.77. The molecule has 0 heterocycles. The van der Waals surface area contributed by atoms with Gasteiger partial charge in [-0.1, -0.05) is 0 Å². The summed E-state index contributed by atoms with van der Waals surface area (Å²) in [5, 5.41) is 43.1. The van der Waals surface area contributed by atoms with Crippen molar-refractivity contribution in [2.24, 2.45) is 0 Å². The summed E-state index contributed by atoms with van der Waals surface area (Å²) in [5.74, 6) is -1.00. The SMILES string of the molecule is O=C(CO)C(O)C(O)C(O)CO.O=P([O-])([O-])OP(=O)(O)O.[Cl-].[Mg+2].[Na+]. The second-order valence-electron chi connectivity index (χ2n) is 3.33. The summed E-state index contributed by atoms with van der Waals surface area (Å²) in [5.41, 5.74) is 0. The Hall–Kier alpha value is 1.79. The van der Waals surface area contributed by atoms with Gasteiger partial charge in [0.2, 0.25) is 0 Å². The van der Waals surface area contributed by atoms with Gasteiger partial charge < -0.3 is 62.1 Å². The van der Waals surface area contributed by atoms with E-state index in [0.29, 0.717) is 0 Å². The Kier molecular flexibility index (Phi) is 25.9. The van der Waals surface area contributed by atoms with Crippen LogP contribution in [0.1, 0.15) is 0 Å². The van der Waals surface area contributed by atoms with Crippen LogP contribution in [0, 0.1) is 0 Å². The van der Waals surface area contributed by atoms with E-state index in [1.807, 2.05) is 0 Å². The third-order valence-corrected chi connectivity index (χ3v) is 3.25. The van der Waals surface area contributed by atoms with Crippen molar-refractivity contribution in [3.8, 4) is 0 Å². The molecule has 0 fully saturated rings. The van der Waals surface area contributed by atoms with E-state index in [2.05, 4.69) is 4.31 Å². The first-order chi connectivity index (χ1) is 9.25. The quantitative estimate of drug-likeness (QED) is 0.144. The first kappa shape index (κ1) is 36.7. The predicted molar refractivity (Wildman–Crippen MR) is 63.7 cm³/mol. The number of carbonyl (C=O) groups excluding carboxylic acids is 1. The first-order valence-corrected chi connectivity index (χ1v) is 7.81. The van der Waals surface area contributed by atoms with Gasteiger partial charge in [-0.25, -0.2) is 4.57 Å². The van der Waals surface area contributed by atoms with Gasteiger partial charge in [0.15, 0.2) is 5.78 Å². The number of aliphatic hydroxyl groups excluding tert-OH is 5. The van der Waals surface area contributed by atoms with Crippen LogP contribution in [0.4, 0.5) is 0 Å². The summed E-state index contributed by atoms with van der Waals surface area (Å²) < 4.78 is 21.7. The van der Waals surface area contributed by atoms with Gasteiger partial charge >= 0.3 is 60.4 Å². The van der Waals surface area contributed by atoms with E-state index >= 15 is 0 Å². The normalized spacial score (nSPS) is 14.4. The number of phosphoric acid groups is 2. The Morgan fingerprint density at radius 3 is 1.62 bits per heavy atom. The Bertz CT molecular complexity index is 395. The molecule has 0 aromatic rings. The van der Waals surface area contributed by atoms with Crippen molar-refractivity contribution in [2.45, 2.75) is 18.3 Å². The number of ketones is 1. The minimum atomic E-state index is -5.55. The minimum absolute atomic E-state index is 0. The second kappa shape index (κ2) is 16.9. The topological polar surface area (TPSA) is 248 Å². The van der Waals surface area contributed by atoms with Gasteiger partial charge in [0.05, 0.1) is 14.4 Å². The maximum atomic E-state index is 10.5. The van der Waals surface area contributed by atoms with Crippen LogP contribution in [0.5, 0.6) is 0 Å². The molecule has 0 spiro atoms. The van der Waals surface area contributed by atoms with Gasteiger partial charge in [0.25, 0.3) is 0 Å². The third kappa shape index (κ3) is 21.8. The second-order valence-corrected chi connectivity index (χ2v) is 5.86. The summed E-state index contributed by atoms with van der Waals surface area (Å²) in [6, 6.07) is 0. The molecule has 0 aromatic heterocycles. The van der Waals surface area contributed by atoms with Crippen LogP contribution in [-0.2, 0) is 18.2 Å². The van der Waals surface area contributed by atoms with E-state index in [1.54, 1.807) is 0 Å². The van der Waals surface area contributed by atoms with Crippen LogP contribution in [0.15, 0.2) is 0 Å². The molecule has 0 bridgehead atoms. The van der Waals surface area contributed by atoms with Crippen molar-refractivity contribution < 1.29 is 105 Å². The zero-order valence-electron chi connectivity index (χ0n) is 12.2. The zero-order valence-corrected chi connectivity index (χ0v) is 18.2. The number of halogens is 1. The van der Waals surface area contributed by atoms with Crippen LogP contribution in [0.3, 0.4) is 0 Å². The molecule has 3 unspecified atom stereocenters. The fourth-order valence-electron chi connectivity index (χ4n) is 0.733. The van der Waals surface area contributed by atoms with E-state index in [1.165, 1.54) is 0 Å². The zero-order chi connectivity index (χ0) is 17.4.